The summed E-state index contributed by atoms with van der Waals surface area (Å²) in [6.45, 7) is 4.12. The summed E-state index contributed by atoms with van der Waals surface area (Å²) < 4.78 is 0. The highest BCUT2D eigenvalue weighted by atomic mass is 35.5. The van der Waals surface area contributed by atoms with Crippen molar-refractivity contribution < 1.29 is 0 Å². The fraction of sp³-hybridized carbons (Fsp3) is 0.158. The Morgan fingerprint density at radius 3 is 2.55 bits per heavy atom. The first-order valence-corrected chi connectivity index (χ1v) is 8.05. The molecule has 0 saturated heterocycles. The van der Waals surface area contributed by atoms with Gasteiger partial charge in [-0.15, -0.1) is 0 Å². The number of aromatic nitrogens is 1. The molecule has 1 aromatic carbocycles. The van der Waals surface area contributed by atoms with E-state index in [1.807, 2.05) is 37.4 Å². The SMILES string of the molecule is C/C=C(\C=C1\C(Cl)=c2[nH]ccc2=C(Cl)C1C)c1ccccc1. The van der Waals surface area contributed by atoms with Crippen LogP contribution in [0.1, 0.15) is 19.4 Å². The molecule has 3 heteroatoms. The number of nitrogens with one attached hydrogen (secondary N) is 1. The number of hydrogen-bond acceptors (Lipinski definition) is 0. The molecule has 3 rings (SSSR count). The van der Waals surface area contributed by atoms with Crippen molar-refractivity contribution in [3.05, 3.63) is 76.5 Å². The van der Waals surface area contributed by atoms with Gasteiger partial charge in [-0.2, -0.15) is 0 Å². The Hall–Kier alpha value is -1.70. The average Bonchev–Trinajstić information content (AvgIpc) is 3.04. The quantitative estimate of drug-likeness (QED) is 0.841. The van der Waals surface area contributed by atoms with Crippen LogP contribution in [0.2, 0.25) is 0 Å². The van der Waals surface area contributed by atoms with Crippen LogP contribution in [0, 0.1) is 5.92 Å². The third-order valence-electron chi connectivity index (χ3n) is 4.05. The van der Waals surface area contributed by atoms with Crippen LogP contribution >= 0.6 is 23.2 Å². The van der Waals surface area contributed by atoms with E-state index in [2.05, 4.69) is 36.2 Å². The summed E-state index contributed by atoms with van der Waals surface area (Å²) in [4.78, 5) is 3.18. The number of allylic oxidation sites excluding steroid dienone is 4. The van der Waals surface area contributed by atoms with Crippen LogP contribution in [-0.4, -0.2) is 4.98 Å². The number of hydrogen-bond donors (Lipinski definition) is 1. The molecule has 1 N–H and O–H groups in total. The highest BCUT2D eigenvalue weighted by Gasteiger charge is 2.22. The summed E-state index contributed by atoms with van der Waals surface area (Å²) in [5, 5.41) is 3.47. The molecule has 0 radical (unpaired) electrons. The number of rotatable bonds is 2. The molecule has 0 amide bonds. The Kier molecular flexibility index (Phi) is 4.28. The van der Waals surface area contributed by atoms with E-state index in [1.54, 1.807) is 0 Å². The maximum atomic E-state index is 6.62. The fourth-order valence-corrected chi connectivity index (χ4v) is 3.42. The monoisotopic (exact) mass is 329 g/mol. The molecule has 2 aromatic rings. The van der Waals surface area contributed by atoms with E-state index in [0.717, 1.165) is 31.8 Å². The number of halogens is 2. The van der Waals surface area contributed by atoms with Crippen molar-refractivity contribution in [1.29, 1.82) is 0 Å². The third kappa shape index (κ3) is 2.55. The van der Waals surface area contributed by atoms with E-state index < -0.39 is 0 Å². The second-order valence-corrected chi connectivity index (χ2v) is 6.14. The van der Waals surface area contributed by atoms with Gasteiger partial charge in [-0.3, -0.25) is 0 Å². The average molecular weight is 330 g/mol. The number of aromatic amines is 1. The maximum Gasteiger partial charge on any atom is 0.0686 e. The minimum atomic E-state index is 0.0797. The van der Waals surface area contributed by atoms with Gasteiger partial charge in [-0.05, 0) is 35.8 Å². The molecule has 0 fully saturated rings. The van der Waals surface area contributed by atoms with Crippen LogP contribution in [-0.2, 0) is 0 Å². The Labute approximate surface area is 140 Å². The van der Waals surface area contributed by atoms with E-state index in [-0.39, 0.29) is 5.92 Å². The van der Waals surface area contributed by atoms with Crippen LogP contribution in [0.4, 0.5) is 0 Å². The summed E-state index contributed by atoms with van der Waals surface area (Å²) in [6.07, 6.45) is 6.10. The topological polar surface area (TPSA) is 15.8 Å². The van der Waals surface area contributed by atoms with Gasteiger partial charge in [-0.1, -0.05) is 66.5 Å². The van der Waals surface area contributed by atoms with Gasteiger partial charge in [0.15, 0.2) is 0 Å². The van der Waals surface area contributed by atoms with Crippen molar-refractivity contribution in [3.63, 3.8) is 0 Å². The molecule has 112 valence electrons. The standard InChI is InChI=1S/C19H17Cl2N/c1-3-13(14-7-5-4-6-8-14)11-16-12(2)17(20)15-9-10-22-19(15)18(16)21/h3-12,22H,1-2H3/b13-3+,16-11+. The van der Waals surface area contributed by atoms with Crippen molar-refractivity contribution in [2.24, 2.45) is 5.92 Å². The number of benzene rings is 1. The van der Waals surface area contributed by atoms with Gasteiger partial charge in [-0.25, -0.2) is 0 Å². The van der Waals surface area contributed by atoms with Crippen LogP contribution < -0.4 is 10.6 Å². The van der Waals surface area contributed by atoms with E-state index >= 15 is 0 Å². The predicted octanol–water partition coefficient (Wildman–Crippen LogP) is 4.39. The second kappa shape index (κ2) is 6.20. The van der Waals surface area contributed by atoms with Crippen molar-refractivity contribution in [2.45, 2.75) is 13.8 Å². The summed E-state index contributed by atoms with van der Waals surface area (Å²) in [5.41, 5.74) is 3.35. The van der Waals surface area contributed by atoms with Crippen molar-refractivity contribution >= 4 is 38.8 Å². The predicted molar refractivity (Wildman–Crippen MR) is 95.9 cm³/mol. The van der Waals surface area contributed by atoms with E-state index in [0.29, 0.717) is 0 Å². The lowest BCUT2D eigenvalue weighted by molar-refractivity contribution is 0.927. The molecule has 0 aliphatic heterocycles. The smallest absolute Gasteiger partial charge is 0.0686 e. The molecule has 1 nitrogen and oxygen atoms in total. The van der Waals surface area contributed by atoms with E-state index in [9.17, 15) is 0 Å². The minimum absolute atomic E-state index is 0.0797. The Morgan fingerprint density at radius 2 is 1.86 bits per heavy atom. The Morgan fingerprint density at radius 1 is 1.14 bits per heavy atom. The zero-order chi connectivity index (χ0) is 15.7. The van der Waals surface area contributed by atoms with Gasteiger partial charge in [0.1, 0.15) is 0 Å². The lowest BCUT2D eigenvalue weighted by Crippen LogP contribution is -2.32. The number of fused-ring (bicyclic) bond motifs is 1. The fourth-order valence-electron chi connectivity index (χ4n) is 2.77. The largest absolute Gasteiger partial charge is 0.360 e. The van der Waals surface area contributed by atoms with Crippen LogP contribution in [0.25, 0.3) is 15.6 Å². The molecule has 0 saturated carbocycles. The Bertz CT molecular complexity index is 870. The van der Waals surface area contributed by atoms with Gasteiger partial charge in [0.05, 0.1) is 10.4 Å². The molecule has 1 atom stereocenters. The Balaban J connectivity index is 2.17. The first-order chi connectivity index (χ1) is 10.6. The first kappa shape index (κ1) is 15.2. The molecule has 1 unspecified atom stereocenters. The minimum Gasteiger partial charge on any atom is -0.360 e. The zero-order valence-corrected chi connectivity index (χ0v) is 14.0. The van der Waals surface area contributed by atoms with Gasteiger partial charge >= 0.3 is 0 Å². The molecule has 1 heterocycles. The lowest BCUT2D eigenvalue weighted by Gasteiger charge is -2.19. The van der Waals surface area contributed by atoms with E-state index in [1.165, 1.54) is 5.56 Å². The third-order valence-corrected chi connectivity index (χ3v) is 4.99. The van der Waals surface area contributed by atoms with E-state index in [4.69, 9.17) is 23.2 Å². The van der Waals surface area contributed by atoms with Crippen molar-refractivity contribution in [2.75, 3.05) is 0 Å². The summed E-state index contributed by atoms with van der Waals surface area (Å²) in [6, 6.07) is 12.3. The first-order valence-electron chi connectivity index (χ1n) is 7.30. The van der Waals surface area contributed by atoms with Crippen molar-refractivity contribution in [3.8, 4) is 0 Å². The van der Waals surface area contributed by atoms with Crippen molar-refractivity contribution in [1.82, 2.24) is 4.98 Å². The summed E-state index contributed by atoms with van der Waals surface area (Å²) in [5.74, 6) is 0.0797. The molecule has 1 aliphatic carbocycles. The molecule has 22 heavy (non-hydrogen) atoms. The highest BCUT2D eigenvalue weighted by Crippen LogP contribution is 2.34. The molecular formula is C19H17Cl2N. The second-order valence-electron chi connectivity index (χ2n) is 5.36. The van der Waals surface area contributed by atoms with Gasteiger partial charge in [0.2, 0.25) is 0 Å². The number of H-pyrrole nitrogens is 1. The zero-order valence-electron chi connectivity index (χ0n) is 12.5. The molecule has 0 bridgehead atoms. The van der Waals surface area contributed by atoms with Crippen LogP contribution in [0.15, 0.2) is 60.3 Å². The van der Waals surface area contributed by atoms with Gasteiger partial charge in [0, 0.05) is 22.4 Å². The molecule has 0 spiro atoms. The summed E-state index contributed by atoms with van der Waals surface area (Å²) in [7, 11) is 0. The maximum absolute atomic E-state index is 6.62. The lowest BCUT2D eigenvalue weighted by atomic mass is 9.91. The van der Waals surface area contributed by atoms with Crippen LogP contribution in [0.5, 0.6) is 0 Å². The molecular weight excluding hydrogens is 313 g/mol. The normalized spacial score (nSPS) is 20.5. The van der Waals surface area contributed by atoms with Gasteiger partial charge in [0.25, 0.3) is 0 Å². The molecule has 1 aromatic heterocycles. The summed E-state index contributed by atoms with van der Waals surface area (Å²) >= 11 is 13.2. The molecule has 1 aliphatic rings. The van der Waals surface area contributed by atoms with Crippen LogP contribution in [0.3, 0.4) is 0 Å². The van der Waals surface area contributed by atoms with Gasteiger partial charge < -0.3 is 4.98 Å². The highest BCUT2D eigenvalue weighted by molar-refractivity contribution is 6.51.